The van der Waals surface area contributed by atoms with Gasteiger partial charge in [-0.2, -0.15) is 0 Å². The van der Waals surface area contributed by atoms with Gasteiger partial charge in [-0.3, -0.25) is 29.0 Å². The Hall–Kier alpha value is -2.15. The molecule has 4 aliphatic rings. The number of nitrogens with zero attached hydrogens (tertiary/aromatic N) is 2. The monoisotopic (exact) mass is 758 g/mol. The zero-order chi connectivity index (χ0) is 28.7. The van der Waals surface area contributed by atoms with Gasteiger partial charge in [0.15, 0.2) is 9.75 Å². The van der Waals surface area contributed by atoms with Gasteiger partial charge in [-0.25, -0.2) is 0 Å². The fourth-order valence-electron chi connectivity index (χ4n) is 6.83. The van der Waals surface area contributed by atoms with Gasteiger partial charge >= 0.3 is 0 Å². The van der Waals surface area contributed by atoms with E-state index in [2.05, 4.69) is 38.5 Å². The van der Waals surface area contributed by atoms with E-state index in [4.69, 9.17) is 27.9 Å². The molecule has 2 heterocycles. The number of hydrogen-bond donors (Lipinski definition) is 1. The molecule has 3 fully saturated rings. The molecule has 40 heavy (non-hydrogen) atoms. The van der Waals surface area contributed by atoms with Crippen LogP contribution >= 0.6 is 61.7 Å². The molecule has 0 aromatic heterocycles. The van der Waals surface area contributed by atoms with E-state index in [1.54, 1.807) is 24.3 Å². The average molecular weight is 760 g/mol. The van der Waals surface area contributed by atoms with Crippen LogP contribution in [0.1, 0.15) is 24.3 Å². The van der Waals surface area contributed by atoms with Gasteiger partial charge in [0.05, 0.1) is 30.1 Å². The van der Waals surface area contributed by atoms with E-state index in [0.717, 1.165) is 8.47 Å². The smallest absolute Gasteiger partial charge is 0.254 e. The van der Waals surface area contributed by atoms with Gasteiger partial charge in [-0.1, -0.05) is 27.6 Å². The minimum absolute atomic E-state index is 0.125. The van der Waals surface area contributed by atoms with Gasteiger partial charge in [0, 0.05) is 15.1 Å². The molecule has 0 spiro atoms. The molecule has 6 rings (SSSR count). The number of imide groups is 2. The molecule has 1 saturated carbocycles. The first-order valence-corrected chi connectivity index (χ1v) is 15.5. The van der Waals surface area contributed by atoms with Crippen molar-refractivity contribution < 1.29 is 29.0 Å². The highest BCUT2D eigenvalue weighted by Gasteiger charge is 2.76. The molecule has 0 radical (unpaired) electrons. The second-order valence-corrected chi connectivity index (χ2v) is 13.4. The van der Waals surface area contributed by atoms with Crippen LogP contribution in [0.2, 0.25) is 0 Å². The van der Waals surface area contributed by atoms with Crippen molar-refractivity contribution in [3.05, 3.63) is 63.2 Å². The Morgan fingerprint density at radius 1 is 1.05 bits per heavy atom. The van der Waals surface area contributed by atoms with Crippen LogP contribution in [0.4, 0.5) is 5.69 Å². The Morgan fingerprint density at radius 2 is 1.75 bits per heavy atom. The van der Waals surface area contributed by atoms with E-state index in [0.29, 0.717) is 17.0 Å². The molecule has 6 unspecified atom stereocenters. The summed E-state index contributed by atoms with van der Waals surface area (Å²) in [5.41, 5.74) is 1.18. The number of carbonyl (C=O) groups is 4. The van der Waals surface area contributed by atoms with Crippen molar-refractivity contribution in [2.24, 2.45) is 17.8 Å². The molecule has 2 aromatic rings. The number of carbonyl (C=O) groups excluding carboxylic acids is 4. The Morgan fingerprint density at radius 3 is 2.40 bits per heavy atom. The number of amides is 4. The van der Waals surface area contributed by atoms with E-state index in [-0.39, 0.29) is 35.5 Å². The standard InChI is InChI=1S/C28H22BrCl2IN2O6/c1-40-15-6-9-20(35)18(10-15)22-16-7-8-17-21(24(37)34(23(17)36)14-4-2-13(32)3-5-14)19(16)11-27(30)25(38)33(12-29)26(39)28(22,27)31/h2-7,9-10,17,19,21-22,35H,8,11-12H2,1H3. The Labute approximate surface area is 261 Å². The fraction of sp³-hybridized carbons (Fsp3) is 0.357. The van der Waals surface area contributed by atoms with Crippen molar-refractivity contribution in [2.45, 2.75) is 28.5 Å². The number of anilines is 1. The number of fused-ring (bicyclic) bond motifs is 4. The predicted molar refractivity (Wildman–Crippen MR) is 160 cm³/mol. The van der Waals surface area contributed by atoms with Gasteiger partial charge < -0.3 is 9.84 Å². The van der Waals surface area contributed by atoms with Crippen LogP contribution in [0.3, 0.4) is 0 Å². The fourth-order valence-corrected chi connectivity index (χ4v) is 8.61. The van der Waals surface area contributed by atoms with Gasteiger partial charge in [0.1, 0.15) is 11.5 Å². The third kappa shape index (κ3) is 3.61. The summed E-state index contributed by atoms with van der Waals surface area (Å²) in [4.78, 5) is 53.4. The number of likely N-dealkylation sites (tertiary alicyclic amines) is 1. The van der Waals surface area contributed by atoms with Crippen LogP contribution < -0.4 is 9.64 Å². The number of methoxy groups -OCH3 is 1. The van der Waals surface area contributed by atoms with E-state index in [1.165, 1.54) is 18.1 Å². The van der Waals surface area contributed by atoms with Gasteiger partial charge in [-0.15, -0.1) is 23.2 Å². The van der Waals surface area contributed by atoms with E-state index in [9.17, 15) is 24.3 Å². The molecular weight excluding hydrogens is 738 g/mol. The summed E-state index contributed by atoms with van der Waals surface area (Å²) in [6.07, 6.45) is 1.93. The summed E-state index contributed by atoms with van der Waals surface area (Å²) in [6, 6.07) is 11.6. The number of aromatic hydroxyl groups is 1. The molecular formula is C28H22BrCl2IN2O6. The van der Waals surface area contributed by atoms with Crippen molar-refractivity contribution >= 4 is 91.0 Å². The molecule has 12 heteroatoms. The zero-order valence-electron chi connectivity index (χ0n) is 20.9. The van der Waals surface area contributed by atoms with Crippen LogP contribution in [-0.4, -0.2) is 55.9 Å². The lowest BCUT2D eigenvalue weighted by molar-refractivity contribution is -0.138. The number of hydrogen-bond acceptors (Lipinski definition) is 6. The molecule has 208 valence electrons. The average Bonchev–Trinajstić information content (AvgIpc) is 3.27. The van der Waals surface area contributed by atoms with Gasteiger partial charge in [0.25, 0.3) is 11.8 Å². The van der Waals surface area contributed by atoms with E-state index in [1.807, 2.05) is 18.2 Å². The van der Waals surface area contributed by atoms with Crippen molar-refractivity contribution in [2.75, 3.05) is 17.5 Å². The SMILES string of the molecule is COc1ccc(O)c(C2C3=CCC4C(=O)N(c5ccc(I)cc5)C(=O)C4C3CC3(Cl)C(=O)N(CBr)C(=O)C23Cl)c1. The van der Waals surface area contributed by atoms with Crippen LogP contribution in [0, 0.1) is 21.3 Å². The Bertz CT molecular complexity index is 1520. The zero-order valence-corrected chi connectivity index (χ0v) is 26.2. The summed E-state index contributed by atoms with van der Waals surface area (Å²) >= 11 is 19.8. The largest absolute Gasteiger partial charge is 0.508 e. The lowest BCUT2D eigenvalue weighted by Crippen LogP contribution is -2.60. The molecule has 2 saturated heterocycles. The number of ether oxygens (including phenoxy) is 1. The molecule has 8 nitrogen and oxygen atoms in total. The number of halogens is 4. The van der Waals surface area contributed by atoms with Crippen LogP contribution in [-0.2, 0) is 19.2 Å². The molecule has 2 aliphatic heterocycles. The van der Waals surface area contributed by atoms with Crippen molar-refractivity contribution in [3.8, 4) is 11.5 Å². The van der Waals surface area contributed by atoms with E-state index >= 15 is 0 Å². The second kappa shape index (κ2) is 9.71. The number of rotatable bonds is 4. The highest BCUT2D eigenvalue weighted by molar-refractivity contribution is 14.1. The normalized spacial score (nSPS) is 33.1. The van der Waals surface area contributed by atoms with Crippen molar-refractivity contribution in [1.82, 2.24) is 4.90 Å². The summed E-state index contributed by atoms with van der Waals surface area (Å²) in [6.45, 7) is 0. The quantitative estimate of drug-likeness (QED) is 0.156. The Balaban J connectivity index is 1.54. The second-order valence-electron chi connectivity index (χ2n) is 10.4. The first-order chi connectivity index (χ1) is 19.0. The maximum Gasteiger partial charge on any atom is 0.254 e. The number of benzene rings is 2. The number of phenols is 1. The number of phenolic OH excluding ortho intramolecular Hbond substituents is 1. The molecule has 2 aliphatic carbocycles. The number of alkyl halides is 3. The summed E-state index contributed by atoms with van der Waals surface area (Å²) in [5, 5.41) is 11.0. The Kier molecular flexibility index (Phi) is 6.79. The summed E-state index contributed by atoms with van der Waals surface area (Å²) in [5.74, 6) is -5.11. The lowest BCUT2D eigenvalue weighted by Gasteiger charge is -2.50. The molecule has 0 bridgehead atoms. The highest BCUT2D eigenvalue weighted by atomic mass is 127. The predicted octanol–water partition coefficient (Wildman–Crippen LogP) is 4.92. The van der Waals surface area contributed by atoms with Crippen LogP contribution in [0.5, 0.6) is 11.5 Å². The van der Waals surface area contributed by atoms with Crippen molar-refractivity contribution in [1.29, 1.82) is 0 Å². The maximum atomic E-state index is 14.0. The van der Waals surface area contributed by atoms with E-state index < -0.39 is 51.1 Å². The lowest BCUT2D eigenvalue weighted by atomic mass is 9.56. The van der Waals surface area contributed by atoms with Crippen LogP contribution in [0.25, 0.3) is 0 Å². The third-order valence-electron chi connectivity index (χ3n) is 8.65. The van der Waals surface area contributed by atoms with Crippen LogP contribution in [0.15, 0.2) is 54.1 Å². The first-order valence-electron chi connectivity index (χ1n) is 12.5. The van der Waals surface area contributed by atoms with Gasteiger partial charge in [-0.05, 0) is 83.8 Å². The first kappa shape index (κ1) is 28.0. The van der Waals surface area contributed by atoms with Gasteiger partial charge in [0.2, 0.25) is 11.8 Å². The minimum Gasteiger partial charge on any atom is -0.508 e. The summed E-state index contributed by atoms with van der Waals surface area (Å²) < 4.78 is 6.34. The third-order valence-corrected chi connectivity index (χ3v) is 11.3. The number of allylic oxidation sites excluding steroid dienone is 2. The molecule has 4 amide bonds. The summed E-state index contributed by atoms with van der Waals surface area (Å²) in [7, 11) is 1.46. The highest BCUT2D eigenvalue weighted by Crippen LogP contribution is 2.66. The maximum absolute atomic E-state index is 14.0. The minimum atomic E-state index is -2.00. The molecule has 6 atom stereocenters. The van der Waals surface area contributed by atoms with Crippen molar-refractivity contribution in [3.63, 3.8) is 0 Å². The molecule has 1 N–H and O–H groups in total. The topological polar surface area (TPSA) is 104 Å². The molecule has 2 aromatic carbocycles.